The van der Waals surface area contributed by atoms with Crippen LogP contribution in [-0.4, -0.2) is 9.97 Å². The van der Waals surface area contributed by atoms with E-state index >= 15 is 0 Å². The maximum atomic E-state index is 12.5. The zero-order chi connectivity index (χ0) is 13.0. The van der Waals surface area contributed by atoms with Gasteiger partial charge in [-0.15, -0.1) is 0 Å². The second kappa shape index (κ2) is 5.03. The Balaban J connectivity index is 2.06. The highest BCUT2D eigenvalue weighted by molar-refractivity contribution is 5.38. The van der Waals surface area contributed by atoms with Crippen LogP contribution in [0.2, 0.25) is 0 Å². The molecule has 2 aromatic heterocycles. The van der Waals surface area contributed by atoms with E-state index in [1.165, 1.54) is 0 Å². The smallest absolute Gasteiger partial charge is 0.364 e. The van der Waals surface area contributed by atoms with Gasteiger partial charge in [0, 0.05) is 12.4 Å². The largest absolute Gasteiger partial charge is 0.416 e. The molecule has 0 saturated carbocycles. The fraction of sp³-hybridized carbons (Fsp3) is 0.167. The van der Waals surface area contributed by atoms with Crippen LogP contribution in [0, 0.1) is 0 Å². The molecule has 0 spiro atoms. The van der Waals surface area contributed by atoms with Crippen LogP contribution in [-0.2, 0) is 12.7 Å². The number of aromatic nitrogens is 2. The van der Waals surface area contributed by atoms with Crippen molar-refractivity contribution in [2.75, 3.05) is 5.32 Å². The monoisotopic (exact) mass is 253 g/mol. The number of anilines is 1. The Hall–Kier alpha value is -2.11. The summed E-state index contributed by atoms with van der Waals surface area (Å²) in [6.07, 6.45) is -1.61. The Bertz CT molecular complexity index is 511. The van der Waals surface area contributed by atoms with Crippen LogP contribution in [0.1, 0.15) is 11.3 Å². The first-order chi connectivity index (χ1) is 8.55. The summed E-state index contributed by atoms with van der Waals surface area (Å²) in [6, 6.07) is 7.27. The molecule has 0 fully saturated rings. The molecule has 0 aliphatic rings. The van der Waals surface area contributed by atoms with E-state index in [1.807, 2.05) is 6.07 Å². The summed E-state index contributed by atoms with van der Waals surface area (Å²) in [7, 11) is 0. The molecule has 0 aromatic carbocycles. The van der Waals surface area contributed by atoms with Crippen molar-refractivity contribution >= 4 is 5.82 Å². The lowest BCUT2D eigenvalue weighted by Crippen LogP contribution is -2.08. The third kappa shape index (κ3) is 3.19. The normalized spacial score (nSPS) is 11.3. The minimum absolute atomic E-state index is 0.176. The number of halogens is 3. The molecule has 94 valence electrons. The van der Waals surface area contributed by atoms with Gasteiger partial charge in [-0.1, -0.05) is 6.07 Å². The molecule has 6 heteroatoms. The van der Waals surface area contributed by atoms with Crippen LogP contribution < -0.4 is 5.32 Å². The van der Waals surface area contributed by atoms with Crippen LogP contribution in [0.3, 0.4) is 0 Å². The van der Waals surface area contributed by atoms with Crippen LogP contribution in [0.15, 0.2) is 42.7 Å². The molecule has 18 heavy (non-hydrogen) atoms. The summed E-state index contributed by atoms with van der Waals surface area (Å²) in [4.78, 5) is 7.88. The zero-order valence-corrected chi connectivity index (χ0v) is 9.28. The van der Waals surface area contributed by atoms with Crippen molar-refractivity contribution in [1.82, 2.24) is 9.97 Å². The Labute approximate surface area is 102 Å². The lowest BCUT2D eigenvalue weighted by molar-refractivity contribution is -0.137. The Morgan fingerprint density at radius 2 is 1.89 bits per heavy atom. The van der Waals surface area contributed by atoms with E-state index in [0.29, 0.717) is 6.54 Å². The van der Waals surface area contributed by atoms with Gasteiger partial charge in [-0.3, -0.25) is 4.98 Å². The highest BCUT2D eigenvalue weighted by atomic mass is 19.4. The van der Waals surface area contributed by atoms with Crippen molar-refractivity contribution in [3.63, 3.8) is 0 Å². The van der Waals surface area contributed by atoms with Gasteiger partial charge in [0.05, 0.1) is 17.8 Å². The van der Waals surface area contributed by atoms with Crippen molar-refractivity contribution < 1.29 is 13.2 Å². The Kier molecular flexibility index (Phi) is 3.45. The summed E-state index contributed by atoms with van der Waals surface area (Å²) >= 11 is 0. The van der Waals surface area contributed by atoms with E-state index in [1.54, 1.807) is 18.3 Å². The van der Waals surface area contributed by atoms with Crippen molar-refractivity contribution in [2.24, 2.45) is 0 Å². The van der Waals surface area contributed by atoms with E-state index in [-0.39, 0.29) is 5.82 Å². The minimum atomic E-state index is -4.36. The van der Waals surface area contributed by atoms with Gasteiger partial charge in [0.1, 0.15) is 5.82 Å². The first-order valence-corrected chi connectivity index (χ1v) is 5.23. The Morgan fingerprint density at radius 1 is 1.06 bits per heavy atom. The van der Waals surface area contributed by atoms with Gasteiger partial charge in [-0.25, -0.2) is 4.98 Å². The molecule has 3 nitrogen and oxygen atoms in total. The molecule has 2 aromatic rings. The molecule has 0 aliphatic heterocycles. The molecule has 0 saturated heterocycles. The Morgan fingerprint density at radius 3 is 2.56 bits per heavy atom. The number of hydrogen-bond acceptors (Lipinski definition) is 3. The average Bonchev–Trinajstić information content (AvgIpc) is 2.37. The first-order valence-electron chi connectivity index (χ1n) is 5.23. The van der Waals surface area contributed by atoms with E-state index in [4.69, 9.17) is 0 Å². The summed E-state index contributed by atoms with van der Waals surface area (Å²) in [5.74, 6) is 0.176. The molecule has 1 N–H and O–H groups in total. The number of rotatable bonds is 3. The maximum absolute atomic E-state index is 12.5. The lowest BCUT2D eigenvalue weighted by atomic mass is 10.2. The SMILES string of the molecule is FC(F)(F)c1ccnc(NCc2ccccn2)c1. The predicted molar refractivity (Wildman–Crippen MR) is 60.8 cm³/mol. The van der Waals surface area contributed by atoms with Gasteiger partial charge in [-0.05, 0) is 24.3 Å². The second-order valence-electron chi connectivity index (χ2n) is 3.60. The highest BCUT2D eigenvalue weighted by Crippen LogP contribution is 2.29. The van der Waals surface area contributed by atoms with Gasteiger partial charge in [0.25, 0.3) is 0 Å². The van der Waals surface area contributed by atoms with Gasteiger partial charge >= 0.3 is 6.18 Å². The number of alkyl halides is 3. The van der Waals surface area contributed by atoms with Crippen molar-refractivity contribution in [3.05, 3.63) is 54.0 Å². The van der Waals surface area contributed by atoms with Gasteiger partial charge in [-0.2, -0.15) is 13.2 Å². The maximum Gasteiger partial charge on any atom is 0.416 e. The summed E-state index contributed by atoms with van der Waals surface area (Å²) in [5, 5.41) is 2.80. The van der Waals surface area contributed by atoms with Gasteiger partial charge < -0.3 is 5.32 Å². The van der Waals surface area contributed by atoms with E-state index in [2.05, 4.69) is 15.3 Å². The number of nitrogens with zero attached hydrogens (tertiary/aromatic N) is 2. The first kappa shape index (κ1) is 12.3. The van der Waals surface area contributed by atoms with Gasteiger partial charge in [0.15, 0.2) is 0 Å². The third-order valence-electron chi connectivity index (χ3n) is 2.26. The van der Waals surface area contributed by atoms with Crippen LogP contribution in [0.4, 0.5) is 19.0 Å². The molecule has 0 amide bonds. The third-order valence-corrected chi connectivity index (χ3v) is 2.26. The predicted octanol–water partition coefficient (Wildman–Crippen LogP) is 3.11. The van der Waals surface area contributed by atoms with Crippen LogP contribution >= 0.6 is 0 Å². The van der Waals surface area contributed by atoms with Crippen molar-refractivity contribution in [1.29, 1.82) is 0 Å². The molecule has 2 rings (SSSR count). The molecule has 2 heterocycles. The molecule has 0 radical (unpaired) electrons. The minimum Gasteiger partial charge on any atom is -0.364 e. The topological polar surface area (TPSA) is 37.8 Å². The molecule has 0 unspecified atom stereocenters. The molecule has 0 bridgehead atoms. The van der Waals surface area contributed by atoms with Gasteiger partial charge in [0.2, 0.25) is 0 Å². The van der Waals surface area contributed by atoms with Crippen LogP contribution in [0.5, 0.6) is 0 Å². The summed E-state index contributed by atoms with van der Waals surface area (Å²) in [5.41, 5.74) is 0.0118. The quantitative estimate of drug-likeness (QED) is 0.913. The number of hydrogen-bond donors (Lipinski definition) is 1. The molecular formula is C12H10F3N3. The molecule has 0 atom stereocenters. The zero-order valence-electron chi connectivity index (χ0n) is 9.28. The summed E-state index contributed by atoms with van der Waals surface area (Å²) < 4.78 is 37.4. The number of nitrogens with one attached hydrogen (secondary N) is 1. The fourth-order valence-electron chi connectivity index (χ4n) is 1.39. The van der Waals surface area contributed by atoms with E-state index < -0.39 is 11.7 Å². The summed E-state index contributed by atoms with van der Waals surface area (Å²) in [6.45, 7) is 0.329. The molecular weight excluding hydrogens is 243 g/mol. The fourth-order valence-corrected chi connectivity index (χ4v) is 1.39. The second-order valence-corrected chi connectivity index (χ2v) is 3.60. The van der Waals surface area contributed by atoms with Crippen molar-refractivity contribution in [3.8, 4) is 0 Å². The lowest BCUT2D eigenvalue weighted by Gasteiger charge is -2.09. The standard InChI is InChI=1S/C12H10F3N3/c13-12(14,15)9-4-6-17-11(7-9)18-8-10-3-1-2-5-16-10/h1-7H,8H2,(H,17,18). The van der Waals surface area contributed by atoms with E-state index in [0.717, 1.165) is 24.0 Å². The van der Waals surface area contributed by atoms with E-state index in [9.17, 15) is 13.2 Å². The molecule has 0 aliphatic carbocycles. The highest BCUT2D eigenvalue weighted by Gasteiger charge is 2.30. The van der Waals surface area contributed by atoms with Crippen LogP contribution in [0.25, 0.3) is 0 Å². The number of pyridine rings is 2. The average molecular weight is 253 g/mol. The van der Waals surface area contributed by atoms with Crippen molar-refractivity contribution in [2.45, 2.75) is 12.7 Å².